The molecule has 0 radical (unpaired) electrons. The van der Waals surface area contributed by atoms with Gasteiger partial charge in [0.25, 0.3) is 6.71 Å². The fourth-order valence-corrected chi connectivity index (χ4v) is 7.49. The van der Waals surface area contributed by atoms with Crippen molar-refractivity contribution in [2.75, 3.05) is 4.90 Å². The molecule has 0 unspecified atom stereocenters. The number of fused-ring (bicyclic) bond motifs is 8. The van der Waals surface area contributed by atoms with Gasteiger partial charge in [0.05, 0.1) is 27.8 Å². The van der Waals surface area contributed by atoms with E-state index in [4.69, 9.17) is 9.47 Å². The number of hydrogen-bond acceptors (Lipinski definition) is 3. The molecule has 0 spiro atoms. The van der Waals surface area contributed by atoms with Crippen molar-refractivity contribution in [1.82, 2.24) is 4.57 Å². The second-order valence-corrected chi connectivity index (χ2v) is 12.1. The molecule has 10 rings (SSSR count). The molecule has 0 aliphatic carbocycles. The van der Waals surface area contributed by atoms with Crippen molar-refractivity contribution in [3.63, 3.8) is 0 Å². The number of ether oxygens (including phenoxy) is 2. The minimum Gasteiger partial charge on any atom is -0.458 e. The smallest absolute Gasteiger partial charge is 0.250 e. The van der Waals surface area contributed by atoms with Crippen molar-refractivity contribution in [3.8, 4) is 28.7 Å². The van der Waals surface area contributed by atoms with E-state index in [1.54, 1.807) is 0 Å². The first-order valence-electron chi connectivity index (χ1n) is 16.0. The van der Waals surface area contributed by atoms with Gasteiger partial charge in [-0.2, -0.15) is 0 Å². The first-order chi connectivity index (χ1) is 23.3. The number of rotatable bonds is 3. The summed E-state index contributed by atoms with van der Waals surface area (Å²) in [5, 5.41) is 2.22. The van der Waals surface area contributed by atoms with Gasteiger partial charge in [-0.3, -0.25) is 0 Å². The van der Waals surface area contributed by atoms with Gasteiger partial charge in [0.1, 0.15) is 11.5 Å². The van der Waals surface area contributed by atoms with E-state index in [-0.39, 0.29) is 6.71 Å². The minimum absolute atomic E-state index is 0.0906. The van der Waals surface area contributed by atoms with Crippen LogP contribution in [0.4, 0.5) is 17.1 Å². The van der Waals surface area contributed by atoms with E-state index in [0.29, 0.717) is 0 Å². The second-order valence-electron chi connectivity index (χ2n) is 12.1. The molecule has 0 saturated carbocycles. The van der Waals surface area contributed by atoms with Crippen LogP contribution in [0.3, 0.4) is 0 Å². The summed E-state index contributed by atoms with van der Waals surface area (Å²) in [6.07, 6.45) is 0. The molecule has 4 nitrogen and oxygen atoms in total. The van der Waals surface area contributed by atoms with Crippen molar-refractivity contribution >= 4 is 62.0 Å². The highest BCUT2D eigenvalue weighted by molar-refractivity contribution is 6.96. The zero-order valence-corrected chi connectivity index (χ0v) is 25.4. The van der Waals surface area contributed by atoms with Crippen LogP contribution in [0.25, 0.3) is 27.5 Å². The molecule has 0 N–H and O–H groups in total. The molecule has 47 heavy (non-hydrogen) atoms. The summed E-state index contributed by atoms with van der Waals surface area (Å²) in [5.41, 5.74) is 9.95. The lowest BCUT2D eigenvalue weighted by Crippen LogP contribution is -2.54. The van der Waals surface area contributed by atoms with E-state index in [2.05, 4.69) is 155 Å². The monoisotopic (exact) mass is 602 g/mol. The Hall–Kier alpha value is -6.20. The molecule has 0 amide bonds. The fourth-order valence-electron chi connectivity index (χ4n) is 7.49. The maximum atomic E-state index is 6.81. The molecular formula is C42H27BN2O2. The van der Waals surface area contributed by atoms with E-state index in [1.165, 1.54) is 10.9 Å². The van der Waals surface area contributed by atoms with Crippen molar-refractivity contribution in [2.24, 2.45) is 0 Å². The van der Waals surface area contributed by atoms with Crippen molar-refractivity contribution < 1.29 is 9.47 Å². The quantitative estimate of drug-likeness (QED) is 0.189. The van der Waals surface area contributed by atoms with Crippen LogP contribution in [-0.2, 0) is 0 Å². The summed E-state index contributed by atoms with van der Waals surface area (Å²) in [4.78, 5) is 2.30. The molecule has 5 heteroatoms. The maximum Gasteiger partial charge on any atom is 0.250 e. The Labute approximate surface area is 272 Å². The summed E-state index contributed by atoms with van der Waals surface area (Å²) in [5.74, 6) is 3.46. The normalized spacial score (nSPS) is 12.9. The van der Waals surface area contributed by atoms with E-state index in [9.17, 15) is 0 Å². The molecule has 3 heterocycles. The Morgan fingerprint density at radius 1 is 0.447 bits per heavy atom. The van der Waals surface area contributed by atoms with Crippen LogP contribution in [0.15, 0.2) is 164 Å². The number of hydrogen-bond donors (Lipinski definition) is 0. The molecule has 2 aliphatic heterocycles. The molecule has 220 valence electrons. The summed E-state index contributed by atoms with van der Waals surface area (Å²) in [6, 6.07) is 57.5. The van der Waals surface area contributed by atoms with Gasteiger partial charge in [-0.25, -0.2) is 0 Å². The molecule has 0 fully saturated rings. The molecule has 0 atom stereocenters. The molecule has 0 bridgehead atoms. The van der Waals surface area contributed by atoms with Gasteiger partial charge in [-0.1, -0.05) is 109 Å². The van der Waals surface area contributed by atoms with E-state index in [1.807, 2.05) is 18.2 Å². The Morgan fingerprint density at radius 2 is 1.15 bits per heavy atom. The third-order valence-electron chi connectivity index (χ3n) is 9.49. The average molecular weight is 603 g/mol. The SMILES string of the molecule is c1ccc(B2c3ccccc3Oc3cc(-n4c5ccccc5c5c6c(ccc54)N(c4ccccc4)c4ccccc4O6)ccc32)cc1. The van der Waals surface area contributed by atoms with Crippen LogP contribution in [0.5, 0.6) is 23.0 Å². The lowest BCUT2D eigenvalue weighted by Gasteiger charge is -2.33. The first kappa shape index (κ1) is 26.1. The number of anilines is 3. The van der Waals surface area contributed by atoms with Gasteiger partial charge < -0.3 is 18.9 Å². The van der Waals surface area contributed by atoms with Crippen LogP contribution >= 0.6 is 0 Å². The van der Waals surface area contributed by atoms with Crippen LogP contribution in [0, 0.1) is 0 Å². The summed E-state index contributed by atoms with van der Waals surface area (Å²) in [6.45, 7) is 0.0906. The lowest BCUT2D eigenvalue weighted by molar-refractivity contribution is 0.483. The van der Waals surface area contributed by atoms with Crippen LogP contribution in [0.2, 0.25) is 0 Å². The van der Waals surface area contributed by atoms with Crippen LogP contribution < -0.4 is 30.8 Å². The van der Waals surface area contributed by atoms with Gasteiger partial charge in [0.15, 0.2) is 11.5 Å². The largest absolute Gasteiger partial charge is 0.458 e. The van der Waals surface area contributed by atoms with Gasteiger partial charge in [-0.05, 0) is 65.5 Å². The Balaban J connectivity index is 1.20. The first-order valence-corrected chi connectivity index (χ1v) is 16.0. The van der Waals surface area contributed by atoms with E-state index >= 15 is 0 Å². The number of benzene rings is 7. The van der Waals surface area contributed by atoms with Gasteiger partial charge in [0.2, 0.25) is 0 Å². The topological polar surface area (TPSA) is 26.6 Å². The Morgan fingerprint density at radius 3 is 2.02 bits per heavy atom. The number of aromatic nitrogens is 1. The summed E-state index contributed by atoms with van der Waals surface area (Å²) in [7, 11) is 0. The molecular weight excluding hydrogens is 575 g/mol. The highest BCUT2D eigenvalue weighted by atomic mass is 16.5. The van der Waals surface area contributed by atoms with Crippen LogP contribution in [-0.4, -0.2) is 11.3 Å². The number of nitrogens with zero attached hydrogens (tertiary/aromatic N) is 2. The average Bonchev–Trinajstić information content (AvgIpc) is 3.48. The van der Waals surface area contributed by atoms with Crippen molar-refractivity contribution in [1.29, 1.82) is 0 Å². The van der Waals surface area contributed by atoms with Crippen LogP contribution in [0.1, 0.15) is 0 Å². The molecule has 1 aromatic heterocycles. The second kappa shape index (κ2) is 10.2. The van der Waals surface area contributed by atoms with E-state index < -0.39 is 0 Å². The maximum absolute atomic E-state index is 6.81. The van der Waals surface area contributed by atoms with Crippen molar-refractivity contribution in [3.05, 3.63) is 164 Å². The molecule has 7 aromatic carbocycles. The third kappa shape index (κ3) is 3.90. The third-order valence-corrected chi connectivity index (χ3v) is 9.49. The molecule has 8 aromatic rings. The van der Waals surface area contributed by atoms with Gasteiger partial charge >= 0.3 is 0 Å². The summed E-state index contributed by atoms with van der Waals surface area (Å²) >= 11 is 0. The van der Waals surface area contributed by atoms with Gasteiger partial charge in [-0.15, -0.1) is 0 Å². The minimum atomic E-state index is 0.0906. The van der Waals surface area contributed by atoms with E-state index in [0.717, 1.165) is 73.0 Å². The predicted molar refractivity (Wildman–Crippen MR) is 193 cm³/mol. The predicted octanol–water partition coefficient (Wildman–Crippen LogP) is 8.98. The summed E-state index contributed by atoms with van der Waals surface area (Å²) < 4.78 is 15.8. The number of para-hydroxylation sites is 5. The fraction of sp³-hybridized carbons (Fsp3) is 0. The molecule has 0 saturated heterocycles. The highest BCUT2D eigenvalue weighted by Gasteiger charge is 2.33. The van der Waals surface area contributed by atoms with Gasteiger partial charge in [0, 0.05) is 22.8 Å². The standard InChI is InChI=1S/C42H27BN2O2/c1-3-13-28(14-4-1)43-32-18-8-11-21-38(32)46-40-27-30(23-24-33(40)43)45-34-19-9-7-17-31(34)41-36(45)25-26-37-42(41)47-39-22-12-10-20-35(39)44(37)29-15-5-2-6-16-29/h1-27H. The zero-order chi connectivity index (χ0) is 30.9. The molecule has 2 aliphatic rings. The Kier molecular flexibility index (Phi) is 5.63. The Bertz CT molecular complexity index is 2490. The lowest BCUT2D eigenvalue weighted by atomic mass is 9.36. The zero-order valence-electron chi connectivity index (χ0n) is 25.4. The van der Waals surface area contributed by atoms with Crippen molar-refractivity contribution in [2.45, 2.75) is 0 Å². The highest BCUT2D eigenvalue weighted by Crippen LogP contribution is 2.54.